The molecule has 0 aromatic heterocycles. The van der Waals surface area contributed by atoms with Crippen LogP contribution in [0.15, 0.2) is 35.8 Å². The van der Waals surface area contributed by atoms with Crippen LogP contribution in [0.3, 0.4) is 0 Å². The van der Waals surface area contributed by atoms with Crippen LogP contribution < -0.4 is 10.6 Å². The van der Waals surface area contributed by atoms with Crippen LogP contribution in [0.5, 0.6) is 0 Å². The Morgan fingerprint density at radius 1 is 1.43 bits per heavy atom. The largest absolute Gasteiger partial charge is 0.356 e. The van der Waals surface area contributed by atoms with Gasteiger partial charge in [-0.1, -0.05) is 37.6 Å². The monoisotopic (exact) mass is 425 g/mol. The predicted octanol–water partition coefficient (Wildman–Crippen LogP) is 3.73. The SMILES string of the molecule is C=CCNC(=NC)NCC(C)(C)c1ccc(F)cc1Cl.I. The number of aliphatic imine (C=N–C) groups is 1. The summed E-state index contributed by atoms with van der Waals surface area (Å²) in [6.45, 7) is 8.98. The van der Waals surface area contributed by atoms with Gasteiger partial charge in [-0.05, 0) is 17.7 Å². The molecule has 0 saturated heterocycles. The van der Waals surface area contributed by atoms with E-state index < -0.39 is 0 Å². The molecular weight excluding hydrogens is 404 g/mol. The minimum atomic E-state index is -0.328. The average molecular weight is 426 g/mol. The lowest BCUT2D eigenvalue weighted by atomic mass is 9.84. The maximum atomic E-state index is 13.1. The molecule has 1 aromatic carbocycles. The van der Waals surface area contributed by atoms with E-state index in [0.717, 1.165) is 5.56 Å². The van der Waals surface area contributed by atoms with Gasteiger partial charge in [0.25, 0.3) is 0 Å². The summed E-state index contributed by atoms with van der Waals surface area (Å²) >= 11 is 6.12. The first-order valence-corrected chi connectivity index (χ1v) is 6.79. The fourth-order valence-corrected chi connectivity index (χ4v) is 2.25. The van der Waals surface area contributed by atoms with Crippen LogP contribution >= 0.6 is 35.6 Å². The molecule has 0 amide bonds. The summed E-state index contributed by atoms with van der Waals surface area (Å²) in [5, 5.41) is 6.75. The van der Waals surface area contributed by atoms with Gasteiger partial charge >= 0.3 is 0 Å². The molecule has 0 fully saturated rings. The minimum absolute atomic E-state index is 0. The molecule has 21 heavy (non-hydrogen) atoms. The predicted molar refractivity (Wildman–Crippen MR) is 99.4 cm³/mol. The van der Waals surface area contributed by atoms with Crippen LogP contribution in [0.4, 0.5) is 4.39 Å². The smallest absolute Gasteiger partial charge is 0.191 e. The number of halogens is 3. The first-order valence-electron chi connectivity index (χ1n) is 6.41. The highest BCUT2D eigenvalue weighted by Crippen LogP contribution is 2.29. The topological polar surface area (TPSA) is 36.4 Å². The van der Waals surface area contributed by atoms with E-state index in [2.05, 4.69) is 22.2 Å². The Kier molecular flexibility index (Phi) is 8.89. The number of nitrogens with zero attached hydrogens (tertiary/aromatic N) is 1. The summed E-state index contributed by atoms with van der Waals surface area (Å²) in [6, 6.07) is 4.48. The second-order valence-electron chi connectivity index (χ2n) is 5.10. The molecule has 1 aromatic rings. The molecule has 0 aliphatic heterocycles. The summed E-state index contributed by atoms with van der Waals surface area (Å²) < 4.78 is 13.1. The van der Waals surface area contributed by atoms with Crippen molar-refractivity contribution >= 4 is 41.5 Å². The minimum Gasteiger partial charge on any atom is -0.356 e. The number of rotatable bonds is 5. The number of benzene rings is 1. The molecule has 0 aliphatic rings. The molecule has 0 bridgehead atoms. The maximum absolute atomic E-state index is 13.1. The van der Waals surface area contributed by atoms with Crippen molar-refractivity contribution < 1.29 is 4.39 Å². The zero-order chi connectivity index (χ0) is 15.2. The third-order valence-electron chi connectivity index (χ3n) is 3.00. The van der Waals surface area contributed by atoms with E-state index >= 15 is 0 Å². The van der Waals surface area contributed by atoms with Crippen molar-refractivity contribution in [1.29, 1.82) is 0 Å². The lowest BCUT2D eigenvalue weighted by Gasteiger charge is -2.27. The van der Waals surface area contributed by atoms with E-state index in [1.807, 2.05) is 13.8 Å². The zero-order valence-electron chi connectivity index (χ0n) is 12.5. The molecule has 2 N–H and O–H groups in total. The van der Waals surface area contributed by atoms with Gasteiger partial charge < -0.3 is 10.6 Å². The van der Waals surface area contributed by atoms with E-state index in [4.69, 9.17) is 11.6 Å². The molecule has 1 rings (SSSR count). The van der Waals surface area contributed by atoms with Gasteiger partial charge in [0.15, 0.2) is 5.96 Å². The van der Waals surface area contributed by atoms with Crippen molar-refractivity contribution in [3.63, 3.8) is 0 Å². The zero-order valence-corrected chi connectivity index (χ0v) is 15.6. The van der Waals surface area contributed by atoms with Gasteiger partial charge in [0, 0.05) is 30.6 Å². The summed E-state index contributed by atoms with van der Waals surface area (Å²) in [4.78, 5) is 4.11. The van der Waals surface area contributed by atoms with Crippen molar-refractivity contribution in [2.24, 2.45) is 4.99 Å². The molecule has 0 radical (unpaired) electrons. The van der Waals surface area contributed by atoms with Crippen LogP contribution in [0.25, 0.3) is 0 Å². The number of guanidine groups is 1. The third-order valence-corrected chi connectivity index (χ3v) is 3.31. The summed E-state index contributed by atoms with van der Waals surface area (Å²) in [6.07, 6.45) is 1.76. The molecule has 0 saturated carbocycles. The number of nitrogens with one attached hydrogen (secondary N) is 2. The van der Waals surface area contributed by atoms with Crippen LogP contribution in [-0.2, 0) is 5.41 Å². The summed E-state index contributed by atoms with van der Waals surface area (Å²) in [7, 11) is 1.70. The highest BCUT2D eigenvalue weighted by molar-refractivity contribution is 14.0. The van der Waals surface area contributed by atoms with E-state index in [-0.39, 0.29) is 35.2 Å². The summed E-state index contributed by atoms with van der Waals surface area (Å²) in [5.41, 5.74) is 0.642. The molecule has 0 spiro atoms. The Hall–Kier alpha value is -0.820. The van der Waals surface area contributed by atoms with E-state index in [1.165, 1.54) is 12.1 Å². The Balaban J connectivity index is 0.00000400. The van der Waals surface area contributed by atoms with Crippen molar-refractivity contribution in [2.75, 3.05) is 20.1 Å². The molecule has 3 nitrogen and oxygen atoms in total. The maximum Gasteiger partial charge on any atom is 0.191 e. The van der Waals surface area contributed by atoms with Crippen LogP contribution in [-0.4, -0.2) is 26.1 Å². The highest BCUT2D eigenvalue weighted by atomic mass is 127. The fourth-order valence-electron chi connectivity index (χ4n) is 1.83. The molecular formula is C15H22ClFIN3. The Morgan fingerprint density at radius 2 is 2.10 bits per heavy atom. The van der Waals surface area contributed by atoms with Gasteiger partial charge in [0.2, 0.25) is 0 Å². The standard InChI is InChI=1S/C15H21ClFN3.HI/c1-5-8-19-14(18-4)20-10-15(2,3)12-7-6-11(17)9-13(12)16;/h5-7,9H,1,8,10H2,2-4H3,(H2,18,19,20);1H. The lowest BCUT2D eigenvalue weighted by Crippen LogP contribution is -2.43. The second kappa shape index (κ2) is 9.25. The van der Waals surface area contributed by atoms with Gasteiger partial charge in [0.1, 0.15) is 5.82 Å². The van der Waals surface area contributed by atoms with Gasteiger partial charge in [-0.2, -0.15) is 0 Å². The van der Waals surface area contributed by atoms with Gasteiger partial charge in [0.05, 0.1) is 0 Å². The molecule has 0 atom stereocenters. The first-order chi connectivity index (χ1) is 9.40. The van der Waals surface area contributed by atoms with Crippen LogP contribution in [0.2, 0.25) is 5.02 Å². The Morgan fingerprint density at radius 3 is 2.62 bits per heavy atom. The molecule has 118 valence electrons. The van der Waals surface area contributed by atoms with Crippen molar-refractivity contribution in [1.82, 2.24) is 10.6 Å². The average Bonchev–Trinajstić information content (AvgIpc) is 2.38. The molecule has 0 heterocycles. The van der Waals surface area contributed by atoms with Crippen molar-refractivity contribution in [3.05, 3.63) is 47.3 Å². The summed E-state index contributed by atoms with van der Waals surface area (Å²) in [5.74, 6) is 0.363. The third kappa shape index (κ3) is 6.22. The molecule has 6 heteroatoms. The lowest BCUT2D eigenvalue weighted by molar-refractivity contribution is 0.508. The van der Waals surface area contributed by atoms with Gasteiger partial charge in [-0.3, -0.25) is 4.99 Å². The number of hydrogen-bond donors (Lipinski definition) is 2. The first kappa shape index (κ1) is 20.2. The van der Waals surface area contributed by atoms with E-state index in [0.29, 0.717) is 24.1 Å². The normalized spacial score (nSPS) is 11.6. The van der Waals surface area contributed by atoms with Crippen molar-refractivity contribution in [3.8, 4) is 0 Å². The van der Waals surface area contributed by atoms with Crippen molar-refractivity contribution in [2.45, 2.75) is 19.3 Å². The second-order valence-corrected chi connectivity index (χ2v) is 5.51. The number of hydrogen-bond acceptors (Lipinski definition) is 1. The molecule has 0 aliphatic carbocycles. The van der Waals surface area contributed by atoms with E-state index in [9.17, 15) is 4.39 Å². The van der Waals surface area contributed by atoms with Gasteiger partial charge in [-0.15, -0.1) is 30.6 Å². The quantitative estimate of drug-likeness (QED) is 0.326. The van der Waals surface area contributed by atoms with Crippen LogP contribution in [0, 0.1) is 5.82 Å². The van der Waals surface area contributed by atoms with Crippen LogP contribution in [0.1, 0.15) is 19.4 Å². The highest BCUT2D eigenvalue weighted by Gasteiger charge is 2.23. The Labute approximate surface area is 148 Å². The van der Waals surface area contributed by atoms with Gasteiger partial charge in [-0.25, -0.2) is 4.39 Å². The molecule has 0 unspecified atom stereocenters. The van der Waals surface area contributed by atoms with E-state index in [1.54, 1.807) is 19.2 Å². The fraction of sp³-hybridized carbons (Fsp3) is 0.400. The Bertz CT molecular complexity index is 504.